The maximum absolute atomic E-state index is 13.2. The molecule has 0 heterocycles. The minimum absolute atomic E-state index is 0.0232. The standard InChI is InChI=1S/C13H17FN2O4/c1-3-9(2)15(8-13(17)18)7-10-6-11(14)4-5-12(10)16(19)20/h4-6,9H,3,7-8H2,1-2H3,(H,17,18). The molecule has 0 aromatic heterocycles. The van der Waals surface area contributed by atoms with E-state index in [4.69, 9.17) is 5.11 Å². The molecule has 7 heteroatoms. The molecule has 0 spiro atoms. The normalized spacial score (nSPS) is 12.4. The van der Waals surface area contributed by atoms with E-state index in [1.807, 2.05) is 13.8 Å². The van der Waals surface area contributed by atoms with Crippen LogP contribution in [0.5, 0.6) is 0 Å². The number of halogens is 1. The molecule has 1 unspecified atom stereocenters. The summed E-state index contributed by atoms with van der Waals surface area (Å²) in [5.74, 6) is -1.60. The van der Waals surface area contributed by atoms with Gasteiger partial charge in [0, 0.05) is 24.2 Å². The van der Waals surface area contributed by atoms with E-state index in [2.05, 4.69) is 0 Å². The second-order valence-corrected chi connectivity index (χ2v) is 4.59. The summed E-state index contributed by atoms with van der Waals surface area (Å²) in [4.78, 5) is 22.8. The van der Waals surface area contributed by atoms with Crippen molar-refractivity contribution in [2.75, 3.05) is 6.54 Å². The Bertz CT molecular complexity index is 507. The van der Waals surface area contributed by atoms with Crippen molar-refractivity contribution in [3.63, 3.8) is 0 Å². The highest BCUT2D eigenvalue weighted by atomic mass is 19.1. The van der Waals surface area contributed by atoms with Gasteiger partial charge in [-0.25, -0.2) is 4.39 Å². The van der Waals surface area contributed by atoms with Gasteiger partial charge in [-0.15, -0.1) is 0 Å². The minimum atomic E-state index is -1.02. The number of rotatable bonds is 7. The maximum Gasteiger partial charge on any atom is 0.317 e. The highest BCUT2D eigenvalue weighted by Gasteiger charge is 2.21. The van der Waals surface area contributed by atoms with Crippen molar-refractivity contribution >= 4 is 11.7 Å². The summed E-state index contributed by atoms with van der Waals surface area (Å²) < 4.78 is 13.2. The van der Waals surface area contributed by atoms with E-state index >= 15 is 0 Å². The van der Waals surface area contributed by atoms with E-state index in [1.54, 1.807) is 4.90 Å². The van der Waals surface area contributed by atoms with Gasteiger partial charge in [-0.05, 0) is 25.5 Å². The summed E-state index contributed by atoms with van der Waals surface area (Å²) in [7, 11) is 0. The van der Waals surface area contributed by atoms with Crippen LogP contribution in [0.15, 0.2) is 18.2 Å². The van der Waals surface area contributed by atoms with Crippen LogP contribution in [0.3, 0.4) is 0 Å². The number of carboxylic acids is 1. The Kier molecular flexibility index (Phi) is 5.57. The summed E-state index contributed by atoms with van der Waals surface area (Å²) in [6.45, 7) is 3.49. The highest BCUT2D eigenvalue weighted by molar-refractivity contribution is 5.69. The Hall–Kier alpha value is -2.02. The summed E-state index contributed by atoms with van der Waals surface area (Å²) in [6.07, 6.45) is 0.691. The number of hydrogen-bond acceptors (Lipinski definition) is 4. The molecule has 0 aliphatic carbocycles. The third kappa shape index (κ3) is 4.27. The van der Waals surface area contributed by atoms with Gasteiger partial charge < -0.3 is 5.11 Å². The van der Waals surface area contributed by atoms with Crippen molar-refractivity contribution in [2.45, 2.75) is 32.9 Å². The Morgan fingerprint density at radius 3 is 2.70 bits per heavy atom. The molecule has 1 aromatic rings. The fourth-order valence-electron chi connectivity index (χ4n) is 1.88. The smallest absolute Gasteiger partial charge is 0.317 e. The van der Waals surface area contributed by atoms with Crippen molar-refractivity contribution < 1.29 is 19.2 Å². The molecular formula is C13H17FN2O4. The average molecular weight is 284 g/mol. The lowest BCUT2D eigenvalue weighted by Crippen LogP contribution is -2.36. The second kappa shape index (κ2) is 6.95. The molecule has 20 heavy (non-hydrogen) atoms. The van der Waals surface area contributed by atoms with Crippen molar-refractivity contribution in [1.29, 1.82) is 0 Å². The molecule has 1 N–H and O–H groups in total. The Morgan fingerprint density at radius 1 is 1.55 bits per heavy atom. The van der Waals surface area contributed by atoms with Crippen LogP contribution < -0.4 is 0 Å². The van der Waals surface area contributed by atoms with Crippen LogP contribution in [0.1, 0.15) is 25.8 Å². The van der Waals surface area contributed by atoms with Crippen LogP contribution in [0, 0.1) is 15.9 Å². The molecule has 0 saturated carbocycles. The molecule has 1 atom stereocenters. The van der Waals surface area contributed by atoms with Crippen molar-refractivity contribution in [3.05, 3.63) is 39.7 Å². The summed E-state index contributed by atoms with van der Waals surface area (Å²) >= 11 is 0. The molecule has 1 aromatic carbocycles. The van der Waals surface area contributed by atoms with Crippen LogP contribution in [0.2, 0.25) is 0 Å². The van der Waals surface area contributed by atoms with E-state index in [0.29, 0.717) is 6.42 Å². The lowest BCUT2D eigenvalue weighted by Gasteiger charge is -2.26. The molecule has 0 amide bonds. The molecule has 0 saturated heterocycles. The van der Waals surface area contributed by atoms with Gasteiger partial charge >= 0.3 is 5.97 Å². The predicted molar refractivity (Wildman–Crippen MR) is 70.9 cm³/mol. The number of carboxylic acid groups (broad SMARTS) is 1. The summed E-state index contributed by atoms with van der Waals surface area (Å²) in [5, 5.41) is 19.8. The second-order valence-electron chi connectivity index (χ2n) is 4.59. The predicted octanol–water partition coefficient (Wildman–Crippen LogP) is 2.42. The van der Waals surface area contributed by atoms with Crippen molar-refractivity contribution in [3.8, 4) is 0 Å². The number of benzene rings is 1. The number of nitro groups is 1. The van der Waals surface area contributed by atoms with Gasteiger partial charge in [0.05, 0.1) is 11.5 Å². The van der Waals surface area contributed by atoms with E-state index in [-0.39, 0.29) is 30.4 Å². The Labute approximate surface area is 116 Å². The van der Waals surface area contributed by atoms with E-state index in [1.165, 1.54) is 0 Å². The first-order valence-electron chi connectivity index (χ1n) is 6.23. The van der Waals surface area contributed by atoms with Gasteiger partial charge in [-0.3, -0.25) is 19.8 Å². The number of hydrogen-bond donors (Lipinski definition) is 1. The van der Waals surface area contributed by atoms with Crippen LogP contribution >= 0.6 is 0 Å². The van der Waals surface area contributed by atoms with Crippen LogP contribution in [-0.4, -0.2) is 33.5 Å². The zero-order valence-electron chi connectivity index (χ0n) is 11.4. The fourth-order valence-corrected chi connectivity index (χ4v) is 1.88. The number of aliphatic carboxylic acids is 1. The first-order chi connectivity index (χ1) is 9.35. The van der Waals surface area contributed by atoms with Crippen molar-refractivity contribution in [1.82, 2.24) is 4.90 Å². The summed E-state index contributed by atoms with van der Waals surface area (Å²) in [5.41, 5.74) is -0.0263. The number of nitro benzene ring substituents is 1. The Morgan fingerprint density at radius 2 is 2.20 bits per heavy atom. The van der Waals surface area contributed by atoms with Crippen LogP contribution in [-0.2, 0) is 11.3 Å². The molecule has 0 radical (unpaired) electrons. The zero-order chi connectivity index (χ0) is 15.3. The summed E-state index contributed by atoms with van der Waals surface area (Å²) in [6, 6.07) is 3.12. The van der Waals surface area contributed by atoms with Gasteiger partial charge in [0.25, 0.3) is 5.69 Å². The third-order valence-electron chi connectivity index (χ3n) is 3.16. The van der Waals surface area contributed by atoms with Gasteiger partial charge in [-0.2, -0.15) is 0 Å². The van der Waals surface area contributed by atoms with Crippen molar-refractivity contribution in [2.24, 2.45) is 0 Å². The van der Waals surface area contributed by atoms with E-state index < -0.39 is 16.7 Å². The molecule has 0 fully saturated rings. The molecule has 0 aliphatic heterocycles. The van der Waals surface area contributed by atoms with E-state index in [0.717, 1.165) is 18.2 Å². The molecular weight excluding hydrogens is 267 g/mol. The minimum Gasteiger partial charge on any atom is -0.480 e. The topological polar surface area (TPSA) is 83.7 Å². The van der Waals surface area contributed by atoms with Crippen LogP contribution in [0.25, 0.3) is 0 Å². The van der Waals surface area contributed by atoms with Gasteiger partial charge in [0.15, 0.2) is 0 Å². The zero-order valence-corrected chi connectivity index (χ0v) is 11.4. The lowest BCUT2D eigenvalue weighted by molar-refractivity contribution is -0.385. The average Bonchev–Trinajstić information content (AvgIpc) is 2.36. The molecule has 110 valence electrons. The first-order valence-corrected chi connectivity index (χ1v) is 6.23. The lowest BCUT2D eigenvalue weighted by atomic mass is 10.1. The fraction of sp³-hybridized carbons (Fsp3) is 0.462. The van der Waals surface area contributed by atoms with E-state index in [9.17, 15) is 19.3 Å². The monoisotopic (exact) mass is 284 g/mol. The maximum atomic E-state index is 13.2. The largest absolute Gasteiger partial charge is 0.480 e. The van der Waals surface area contributed by atoms with Gasteiger partial charge in [-0.1, -0.05) is 6.92 Å². The Balaban J connectivity index is 3.06. The SMILES string of the molecule is CCC(C)N(CC(=O)O)Cc1cc(F)ccc1[N+](=O)[O-]. The van der Waals surface area contributed by atoms with Gasteiger partial charge in [0.2, 0.25) is 0 Å². The number of nitrogens with zero attached hydrogens (tertiary/aromatic N) is 2. The highest BCUT2D eigenvalue weighted by Crippen LogP contribution is 2.22. The third-order valence-corrected chi connectivity index (χ3v) is 3.16. The molecule has 6 nitrogen and oxygen atoms in total. The molecule has 0 aliphatic rings. The van der Waals surface area contributed by atoms with Crippen LogP contribution in [0.4, 0.5) is 10.1 Å². The molecule has 1 rings (SSSR count). The first kappa shape index (κ1) is 16.0. The van der Waals surface area contributed by atoms with Gasteiger partial charge in [0.1, 0.15) is 5.82 Å². The quantitative estimate of drug-likeness (QED) is 0.614. The number of carbonyl (C=O) groups is 1. The molecule has 0 bridgehead atoms.